The quantitative estimate of drug-likeness (QED) is 0.623. The SMILES string of the molecule is CCc1ccccc1NC(=O)C/C(C)=N/NC(=O)c1ccc(F)cc1. The molecule has 0 atom stereocenters. The van der Waals surface area contributed by atoms with Crippen molar-refractivity contribution in [1.82, 2.24) is 5.43 Å². The maximum atomic E-state index is 12.8. The van der Waals surface area contributed by atoms with Crippen molar-refractivity contribution in [3.8, 4) is 0 Å². The number of benzene rings is 2. The molecule has 2 aromatic rings. The number of carbonyl (C=O) groups is 2. The van der Waals surface area contributed by atoms with Crippen LogP contribution >= 0.6 is 0 Å². The lowest BCUT2D eigenvalue weighted by molar-refractivity contribution is -0.115. The second kappa shape index (κ2) is 8.73. The lowest BCUT2D eigenvalue weighted by Gasteiger charge is -2.09. The zero-order chi connectivity index (χ0) is 18.2. The number of nitrogens with zero attached hydrogens (tertiary/aromatic N) is 1. The lowest BCUT2D eigenvalue weighted by Crippen LogP contribution is -2.21. The van der Waals surface area contributed by atoms with Gasteiger partial charge >= 0.3 is 0 Å². The number of hydrazone groups is 1. The van der Waals surface area contributed by atoms with Gasteiger partial charge in [-0.1, -0.05) is 25.1 Å². The molecule has 0 saturated carbocycles. The van der Waals surface area contributed by atoms with E-state index >= 15 is 0 Å². The van der Waals surface area contributed by atoms with Gasteiger partial charge in [-0.15, -0.1) is 0 Å². The summed E-state index contributed by atoms with van der Waals surface area (Å²) in [7, 11) is 0. The van der Waals surface area contributed by atoms with Crippen molar-refractivity contribution in [2.75, 3.05) is 5.32 Å². The predicted molar refractivity (Wildman–Crippen MR) is 96.0 cm³/mol. The van der Waals surface area contributed by atoms with Crippen LogP contribution in [0, 0.1) is 5.82 Å². The van der Waals surface area contributed by atoms with E-state index in [0.29, 0.717) is 11.3 Å². The van der Waals surface area contributed by atoms with Gasteiger partial charge in [0.05, 0.1) is 6.42 Å². The van der Waals surface area contributed by atoms with E-state index in [0.717, 1.165) is 17.7 Å². The van der Waals surface area contributed by atoms with Crippen molar-refractivity contribution in [1.29, 1.82) is 0 Å². The minimum Gasteiger partial charge on any atom is -0.326 e. The van der Waals surface area contributed by atoms with Gasteiger partial charge in [0.25, 0.3) is 5.91 Å². The minimum atomic E-state index is -0.462. The highest BCUT2D eigenvalue weighted by Crippen LogP contribution is 2.15. The van der Waals surface area contributed by atoms with E-state index in [-0.39, 0.29) is 12.3 Å². The Hall–Kier alpha value is -3.02. The van der Waals surface area contributed by atoms with E-state index in [9.17, 15) is 14.0 Å². The molecule has 2 rings (SSSR count). The van der Waals surface area contributed by atoms with Gasteiger partial charge in [0, 0.05) is 17.0 Å². The molecule has 0 aliphatic heterocycles. The maximum Gasteiger partial charge on any atom is 0.271 e. The van der Waals surface area contributed by atoms with Gasteiger partial charge < -0.3 is 5.32 Å². The van der Waals surface area contributed by atoms with Crippen LogP contribution in [-0.4, -0.2) is 17.5 Å². The fourth-order valence-corrected chi connectivity index (χ4v) is 2.23. The Morgan fingerprint density at radius 3 is 2.44 bits per heavy atom. The number of anilines is 1. The first kappa shape index (κ1) is 18.3. The van der Waals surface area contributed by atoms with Crippen LogP contribution in [0.15, 0.2) is 53.6 Å². The van der Waals surface area contributed by atoms with Gasteiger partial charge in [-0.05, 0) is 49.2 Å². The number of rotatable bonds is 6. The van der Waals surface area contributed by atoms with Crippen molar-refractivity contribution in [3.63, 3.8) is 0 Å². The topological polar surface area (TPSA) is 70.6 Å². The van der Waals surface area contributed by atoms with E-state index in [4.69, 9.17) is 0 Å². The van der Waals surface area contributed by atoms with Crippen LogP contribution < -0.4 is 10.7 Å². The molecule has 0 radical (unpaired) electrons. The highest BCUT2D eigenvalue weighted by molar-refractivity contribution is 6.06. The van der Waals surface area contributed by atoms with Crippen molar-refractivity contribution in [3.05, 3.63) is 65.5 Å². The average Bonchev–Trinajstić information content (AvgIpc) is 2.60. The number of nitrogens with one attached hydrogen (secondary N) is 2. The minimum absolute atomic E-state index is 0.0573. The summed E-state index contributed by atoms with van der Waals surface area (Å²) in [5.74, 6) is -1.09. The first-order chi connectivity index (χ1) is 12.0. The third kappa shape index (κ3) is 5.53. The number of para-hydroxylation sites is 1. The number of carbonyl (C=O) groups excluding carboxylic acids is 2. The average molecular weight is 341 g/mol. The Kier molecular flexibility index (Phi) is 6.39. The zero-order valence-corrected chi connectivity index (χ0v) is 14.2. The van der Waals surface area contributed by atoms with Crippen LogP contribution in [0.3, 0.4) is 0 Å². The number of hydrogen-bond acceptors (Lipinski definition) is 3. The Morgan fingerprint density at radius 1 is 1.08 bits per heavy atom. The standard InChI is InChI=1S/C19H20FN3O2/c1-3-14-6-4-5-7-17(14)21-18(24)12-13(2)22-23-19(25)15-8-10-16(20)11-9-15/h4-11H,3,12H2,1-2H3,(H,21,24)(H,23,25)/b22-13+. The normalized spacial score (nSPS) is 11.1. The Morgan fingerprint density at radius 2 is 1.76 bits per heavy atom. The maximum absolute atomic E-state index is 12.8. The molecular weight excluding hydrogens is 321 g/mol. The summed E-state index contributed by atoms with van der Waals surface area (Å²) in [6.07, 6.45) is 0.874. The molecular formula is C19H20FN3O2. The highest BCUT2D eigenvalue weighted by atomic mass is 19.1. The second-order valence-electron chi connectivity index (χ2n) is 5.53. The van der Waals surface area contributed by atoms with E-state index in [2.05, 4.69) is 15.8 Å². The molecule has 2 amide bonds. The molecule has 2 N–H and O–H groups in total. The monoisotopic (exact) mass is 341 g/mol. The van der Waals surface area contributed by atoms with Gasteiger partial charge in [0.15, 0.2) is 0 Å². The molecule has 0 aromatic heterocycles. The van der Waals surface area contributed by atoms with Crippen molar-refractivity contribution < 1.29 is 14.0 Å². The van der Waals surface area contributed by atoms with E-state index in [1.807, 2.05) is 31.2 Å². The number of hydrogen-bond donors (Lipinski definition) is 2. The van der Waals surface area contributed by atoms with Gasteiger partial charge in [0.1, 0.15) is 5.82 Å². The van der Waals surface area contributed by atoms with Crippen LogP contribution in [0.4, 0.5) is 10.1 Å². The number of amides is 2. The van der Waals surface area contributed by atoms with E-state index in [1.165, 1.54) is 24.3 Å². The molecule has 2 aromatic carbocycles. The first-order valence-corrected chi connectivity index (χ1v) is 7.96. The molecule has 0 aliphatic carbocycles. The third-order valence-corrected chi connectivity index (χ3v) is 3.54. The fourth-order valence-electron chi connectivity index (χ4n) is 2.23. The highest BCUT2D eigenvalue weighted by Gasteiger charge is 2.08. The van der Waals surface area contributed by atoms with E-state index < -0.39 is 11.7 Å². The van der Waals surface area contributed by atoms with Gasteiger partial charge in [-0.2, -0.15) is 5.10 Å². The van der Waals surface area contributed by atoms with Crippen molar-refractivity contribution >= 4 is 23.2 Å². The van der Waals surface area contributed by atoms with Crippen LogP contribution in [0.1, 0.15) is 36.2 Å². The Balaban J connectivity index is 1.90. The molecule has 25 heavy (non-hydrogen) atoms. The first-order valence-electron chi connectivity index (χ1n) is 7.96. The Labute approximate surface area is 145 Å². The summed E-state index contributed by atoms with van der Waals surface area (Å²) in [6, 6.07) is 12.7. The summed E-state index contributed by atoms with van der Waals surface area (Å²) in [5.41, 5.74) is 4.93. The van der Waals surface area contributed by atoms with Crippen molar-refractivity contribution in [2.24, 2.45) is 5.10 Å². The molecule has 0 bridgehead atoms. The summed E-state index contributed by atoms with van der Waals surface area (Å²) < 4.78 is 12.8. The summed E-state index contributed by atoms with van der Waals surface area (Å²) in [4.78, 5) is 24.0. The molecule has 6 heteroatoms. The van der Waals surface area contributed by atoms with E-state index in [1.54, 1.807) is 6.92 Å². The zero-order valence-electron chi connectivity index (χ0n) is 14.2. The molecule has 0 fully saturated rings. The number of halogens is 1. The fraction of sp³-hybridized carbons (Fsp3) is 0.211. The third-order valence-electron chi connectivity index (χ3n) is 3.54. The predicted octanol–water partition coefficient (Wildman–Crippen LogP) is 3.52. The molecule has 0 spiro atoms. The molecule has 130 valence electrons. The largest absolute Gasteiger partial charge is 0.326 e. The second-order valence-corrected chi connectivity index (χ2v) is 5.53. The molecule has 5 nitrogen and oxygen atoms in total. The lowest BCUT2D eigenvalue weighted by atomic mass is 10.1. The number of aryl methyl sites for hydroxylation is 1. The van der Waals surface area contributed by atoms with Crippen LogP contribution in [0.5, 0.6) is 0 Å². The summed E-state index contributed by atoms with van der Waals surface area (Å²) in [6.45, 7) is 3.67. The van der Waals surface area contributed by atoms with Crippen LogP contribution in [0.2, 0.25) is 0 Å². The summed E-state index contributed by atoms with van der Waals surface area (Å²) in [5, 5.41) is 6.75. The van der Waals surface area contributed by atoms with Crippen molar-refractivity contribution in [2.45, 2.75) is 26.7 Å². The molecule has 0 aliphatic rings. The Bertz CT molecular complexity index is 786. The van der Waals surface area contributed by atoms with Crippen LogP contribution in [-0.2, 0) is 11.2 Å². The van der Waals surface area contributed by atoms with Crippen LogP contribution in [0.25, 0.3) is 0 Å². The summed E-state index contributed by atoms with van der Waals surface area (Å²) >= 11 is 0. The van der Waals surface area contributed by atoms with Gasteiger partial charge in [-0.3, -0.25) is 9.59 Å². The molecule has 0 unspecified atom stereocenters. The van der Waals surface area contributed by atoms with Gasteiger partial charge in [0.2, 0.25) is 5.91 Å². The molecule has 0 heterocycles. The smallest absolute Gasteiger partial charge is 0.271 e. The van der Waals surface area contributed by atoms with Gasteiger partial charge in [-0.25, -0.2) is 9.82 Å². The molecule has 0 saturated heterocycles.